The van der Waals surface area contributed by atoms with Crippen molar-refractivity contribution in [3.05, 3.63) is 27.1 Å². The lowest BCUT2D eigenvalue weighted by Crippen LogP contribution is -2.32. The van der Waals surface area contributed by atoms with E-state index in [-0.39, 0.29) is 11.8 Å². The van der Waals surface area contributed by atoms with E-state index in [2.05, 4.69) is 5.10 Å². The van der Waals surface area contributed by atoms with E-state index in [1.54, 1.807) is 6.92 Å². The molecule has 0 radical (unpaired) electrons. The van der Waals surface area contributed by atoms with Gasteiger partial charge in [0.15, 0.2) is 6.23 Å². The van der Waals surface area contributed by atoms with Crippen LogP contribution in [0.2, 0.25) is 5.02 Å². The Labute approximate surface area is 92.8 Å². The maximum atomic E-state index is 11.8. The third-order valence-corrected chi connectivity index (χ3v) is 2.99. The van der Waals surface area contributed by atoms with Crippen molar-refractivity contribution in [1.82, 2.24) is 9.78 Å². The van der Waals surface area contributed by atoms with Gasteiger partial charge in [-0.2, -0.15) is 5.10 Å². The standard InChI is InChI=1S/C10H13ClN2O2/c1-7-8(11)6-12-13(10(7)14)9-4-2-3-5-15-9/h6,9H,2-5H2,1H3. The number of hydrogen-bond acceptors (Lipinski definition) is 3. The van der Waals surface area contributed by atoms with Gasteiger partial charge in [-0.1, -0.05) is 11.6 Å². The van der Waals surface area contributed by atoms with Gasteiger partial charge in [0.1, 0.15) is 0 Å². The molecule has 1 saturated heterocycles. The smallest absolute Gasteiger partial charge is 0.273 e. The lowest BCUT2D eigenvalue weighted by atomic mass is 10.2. The second-order valence-corrected chi connectivity index (χ2v) is 4.10. The average Bonchev–Trinajstić information content (AvgIpc) is 2.27. The monoisotopic (exact) mass is 228 g/mol. The highest BCUT2D eigenvalue weighted by molar-refractivity contribution is 6.31. The minimum absolute atomic E-state index is 0.158. The van der Waals surface area contributed by atoms with Crippen LogP contribution in [0.3, 0.4) is 0 Å². The number of halogens is 1. The number of nitrogens with zero attached hydrogens (tertiary/aromatic N) is 2. The van der Waals surface area contributed by atoms with Crippen LogP contribution in [0.5, 0.6) is 0 Å². The van der Waals surface area contributed by atoms with E-state index in [4.69, 9.17) is 16.3 Å². The Balaban J connectivity index is 2.35. The van der Waals surface area contributed by atoms with Gasteiger partial charge >= 0.3 is 0 Å². The fourth-order valence-electron chi connectivity index (χ4n) is 1.66. The Morgan fingerprint density at radius 1 is 1.60 bits per heavy atom. The van der Waals surface area contributed by atoms with Gasteiger partial charge in [-0.05, 0) is 26.2 Å². The minimum atomic E-state index is -0.220. The Hall–Kier alpha value is -0.870. The molecule has 1 aliphatic heterocycles. The summed E-state index contributed by atoms with van der Waals surface area (Å²) in [6.07, 6.45) is 4.24. The van der Waals surface area contributed by atoms with Gasteiger partial charge in [0.25, 0.3) is 5.56 Å². The first-order chi connectivity index (χ1) is 7.20. The van der Waals surface area contributed by atoms with Crippen LogP contribution >= 0.6 is 11.6 Å². The van der Waals surface area contributed by atoms with Crippen LogP contribution in [-0.2, 0) is 4.74 Å². The summed E-state index contributed by atoms with van der Waals surface area (Å²) in [5, 5.41) is 4.42. The zero-order valence-corrected chi connectivity index (χ0v) is 9.33. The number of rotatable bonds is 1. The highest BCUT2D eigenvalue weighted by atomic mass is 35.5. The third kappa shape index (κ3) is 2.06. The molecule has 0 aliphatic carbocycles. The van der Waals surface area contributed by atoms with Crippen molar-refractivity contribution < 1.29 is 4.74 Å². The van der Waals surface area contributed by atoms with E-state index in [0.717, 1.165) is 19.3 Å². The zero-order valence-electron chi connectivity index (χ0n) is 8.57. The highest BCUT2D eigenvalue weighted by Crippen LogP contribution is 2.20. The molecule has 1 aromatic rings. The molecule has 0 spiro atoms. The van der Waals surface area contributed by atoms with Crippen molar-refractivity contribution in [2.75, 3.05) is 6.61 Å². The topological polar surface area (TPSA) is 44.1 Å². The van der Waals surface area contributed by atoms with Gasteiger partial charge in [-0.15, -0.1) is 0 Å². The second kappa shape index (κ2) is 4.33. The summed E-state index contributed by atoms with van der Waals surface area (Å²) < 4.78 is 6.89. The van der Waals surface area contributed by atoms with Crippen molar-refractivity contribution in [2.45, 2.75) is 32.4 Å². The zero-order chi connectivity index (χ0) is 10.8. The van der Waals surface area contributed by atoms with Crippen molar-refractivity contribution in [1.29, 1.82) is 0 Å². The van der Waals surface area contributed by atoms with Crippen molar-refractivity contribution in [3.63, 3.8) is 0 Å². The summed E-state index contributed by atoms with van der Waals surface area (Å²) in [6, 6.07) is 0. The molecular weight excluding hydrogens is 216 g/mol. The molecular formula is C10H13ClN2O2. The molecule has 1 aromatic heterocycles. The van der Waals surface area contributed by atoms with Crippen LogP contribution in [-0.4, -0.2) is 16.4 Å². The Kier molecular flexibility index (Phi) is 3.07. The molecule has 1 unspecified atom stereocenters. The summed E-state index contributed by atoms with van der Waals surface area (Å²) in [5.74, 6) is 0. The van der Waals surface area contributed by atoms with Gasteiger partial charge < -0.3 is 4.74 Å². The maximum absolute atomic E-state index is 11.8. The average molecular weight is 229 g/mol. The van der Waals surface area contributed by atoms with E-state index in [1.165, 1.54) is 10.9 Å². The van der Waals surface area contributed by atoms with Crippen LogP contribution in [0, 0.1) is 6.92 Å². The van der Waals surface area contributed by atoms with Crippen molar-refractivity contribution >= 4 is 11.6 Å². The predicted molar refractivity (Wildman–Crippen MR) is 57.1 cm³/mol. The molecule has 1 aliphatic rings. The molecule has 4 nitrogen and oxygen atoms in total. The Morgan fingerprint density at radius 2 is 2.40 bits per heavy atom. The first kappa shape index (κ1) is 10.6. The summed E-state index contributed by atoms with van der Waals surface area (Å²) in [7, 11) is 0. The molecule has 1 atom stereocenters. The maximum Gasteiger partial charge on any atom is 0.273 e. The molecule has 0 N–H and O–H groups in total. The second-order valence-electron chi connectivity index (χ2n) is 3.69. The fourth-order valence-corrected chi connectivity index (χ4v) is 1.78. The number of ether oxygens (including phenoxy) is 1. The Bertz CT molecular complexity index is 410. The molecule has 1 fully saturated rings. The molecule has 82 valence electrons. The van der Waals surface area contributed by atoms with Crippen LogP contribution in [0.25, 0.3) is 0 Å². The van der Waals surface area contributed by atoms with E-state index >= 15 is 0 Å². The molecule has 0 saturated carbocycles. The minimum Gasteiger partial charge on any atom is -0.356 e. The summed E-state index contributed by atoms with van der Waals surface area (Å²) >= 11 is 5.81. The van der Waals surface area contributed by atoms with E-state index in [0.29, 0.717) is 17.2 Å². The van der Waals surface area contributed by atoms with Crippen molar-refractivity contribution in [2.24, 2.45) is 0 Å². The lowest BCUT2D eigenvalue weighted by Gasteiger charge is -2.23. The van der Waals surface area contributed by atoms with Crippen LogP contribution in [0.4, 0.5) is 0 Å². The molecule has 2 heterocycles. The van der Waals surface area contributed by atoms with E-state index < -0.39 is 0 Å². The molecule has 5 heteroatoms. The third-order valence-electron chi connectivity index (χ3n) is 2.61. The molecule has 0 bridgehead atoms. The summed E-state index contributed by atoms with van der Waals surface area (Å²) in [4.78, 5) is 11.8. The quantitative estimate of drug-likeness (QED) is 0.738. The number of hydrogen-bond donors (Lipinski definition) is 0. The van der Waals surface area contributed by atoms with E-state index in [9.17, 15) is 4.79 Å². The summed E-state index contributed by atoms with van der Waals surface area (Å²) in [5.41, 5.74) is 0.371. The SMILES string of the molecule is Cc1c(Cl)cnn(C2CCCCO2)c1=O. The summed E-state index contributed by atoms with van der Waals surface area (Å²) in [6.45, 7) is 2.39. The first-order valence-electron chi connectivity index (χ1n) is 5.05. The van der Waals surface area contributed by atoms with Gasteiger partial charge in [-0.3, -0.25) is 4.79 Å². The van der Waals surface area contributed by atoms with Crippen LogP contribution in [0.1, 0.15) is 31.1 Å². The van der Waals surface area contributed by atoms with Gasteiger partial charge in [0.2, 0.25) is 0 Å². The molecule has 0 amide bonds. The largest absolute Gasteiger partial charge is 0.356 e. The normalized spacial score (nSPS) is 21.6. The van der Waals surface area contributed by atoms with Crippen LogP contribution < -0.4 is 5.56 Å². The predicted octanol–water partition coefficient (Wildman–Crippen LogP) is 1.90. The van der Waals surface area contributed by atoms with E-state index in [1.807, 2.05) is 0 Å². The Morgan fingerprint density at radius 3 is 3.07 bits per heavy atom. The van der Waals surface area contributed by atoms with Crippen LogP contribution in [0.15, 0.2) is 11.0 Å². The molecule has 15 heavy (non-hydrogen) atoms. The molecule has 0 aromatic carbocycles. The number of aromatic nitrogens is 2. The highest BCUT2D eigenvalue weighted by Gasteiger charge is 2.19. The van der Waals surface area contributed by atoms with Gasteiger partial charge in [0.05, 0.1) is 11.2 Å². The fraction of sp³-hybridized carbons (Fsp3) is 0.600. The van der Waals surface area contributed by atoms with Gasteiger partial charge in [-0.25, -0.2) is 4.68 Å². The lowest BCUT2D eigenvalue weighted by molar-refractivity contribution is -0.0426. The van der Waals surface area contributed by atoms with Gasteiger partial charge in [0, 0.05) is 12.2 Å². The first-order valence-corrected chi connectivity index (χ1v) is 5.43. The molecule has 2 rings (SSSR count). The van der Waals surface area contributed by atoms with Crippen molar-refractivity contribution in [3.8, 4) is 0 Å².